The predicted molar refractivity (Wildman–Crippen MR) is 89.0 cm³/mol. The molecule has 0 bridgehead atoms. The number of halogens is 2. The summed E-state index contributed by atoms with van der Waals surface area (Å²) in [6, 6.07) is 1.63. The molecular weight excluding hydrogens is 335 g/mol. The summed E-state index contributed by atoms with van der Waals surface area (Å²) in [5, 5.41) is 7.08. The fourth-order valence-corrected chi connectivity index (χ4v) is 2.52. The third-order valence-corrected chi connectivity index (χ3v) is 3.79. The van der Waals surface area contributed by atoms with E-state index in [1.54, 1.807) is 6.07 Å². The molecule has 0 aromatic carbocycles. The van der Waals surface area contributed by atoms with Crippen molar-refractivity contribution in [3.05, 3.63) is 16.1 Å². The van der Waals surface area contributed by atoms with E-state index in [0.717, 1.165) is 19.2 Å². The second kappa shape index (κ2) is 8.63. The first kappa shape index (κ1) is 18.3. The van der Waals surface area contributed by atoms with Crippen LogP contribution < -0.4 is 15.4 Å². The fourth-order valence-electron chi connectivity index (χ4n) is 1.51. The largest absolute Gasteiger partial charge is 0.369 e. The summed E-state index contributed by atoms with van der Waals surface area (Å²) in [7, 11) is -3.15. The second-order valence-electron chi connectivity index (χ2n) is 4.52. The van der Waals surface area contributed by atoms with Crippen molar-refractivity contribution in [3.8, 4) is 0 Å². The summed E-state index contributed by atoms with van der Waals surface area (Å²) in [6.07, 6.45) is 2.70. The van der Waals surface area contributed by atoms with Crippen LogP contribution in [0.25, 0.3) is 0 Å². The van der Waals surface area contributed by atoms with E-state index in [2.05, 4.69) is 20.3 Å². The fraction of sp³-hybridized carbons (Fsp3) is 0.583. The zero-order chi connectivity index (χ0) is 15.9. The molecule has 0 atom stereocenters. The van der Waals surface area contributed by atoms with Crippen LogP contribution in [0, 0.1) is 0 Å². The Bertz CT molecular complexity index is 567. The smallest absolute Gasteiger partial charge is 0.208 e. The molecule has 0 unspecified atom stereocenters. The van der Waals surface area contributed by atoms with Crippen molar-refractivity contribution in [2.75, 3.05) is 36.5 Å². The van der Waals surface area contributed by atoms with Gasteiger partial charge in [-0.3, -0.25) is 0 Å². The normalized spacial score (nSPS) is 11.4. The zero-order valence-electron chi connectivity index (χ0n) is 12.0. The van der Waals surface area contributed by atoms with Crippen LogP contribution in [0.4, 0.5) is 11.6 Å². The molecule has 0 radical (unpaired) electrons. The van der Waals surface area contributed by atoms with Crippen LogP contribution in [0.2, 0.25) is 10.0 Å². The summed E-state index contributed by atoms with van der Waals surface area (Å²) in [5.41, 5.74) is 0. The van der Waals surface area contributed by atoms with Gasteiger partial charge in [-0.1, -0.05) is 30.1 Å². The highest BCUT2D eigenvalue weighted by molar-refractivity contribution is 7.88. The van der Waals surface area contributed by atoms with Crippen LogP contribution in [0.3, 0.4) is 0 Å². The third-order valence-electron chi connectivity index (χ3n) is 2.48. The van der Waals surface area contributed by atoms with Crippen molar-refractivity contribution in [3.63, 3.8) is 0 Å². The van der Waals surface area contributed by atoms with Crippen molar-refractivity contribution >= 4 is 44.9 Å². The van der Waals surface area contributed by atoms with E-state index < -0.39 is 10.0 Å². The van der Waals surface area contributed by atoms with Gasteiger partial charge in [0.15, 0.2) is 0 Å². The zero-order valence-corrected chi connectivity index (χ0v) is 14.4. The molecule has 21 heavy (non-hydrogen) atoms. The van der Waals surface area contributed by atoms with Crippen molar-refractivity contribution in [2.45, 2.75) is 19.8 Å². The number of pyridine rings is 1. The number of nitrogens with one attached hydrogen (secondary N) is 3. The van der Waals surface area contributed by atoms with E-state index in [1.807, 2.05) is 6.92 Å². The number of nitrogens with zero attached hydrogens (tertiary/aromatic N) is 1. The van der Waals surface area contributed by atoms with Crippen LogP contribution in [0.1, 0.15) is 19.8 Å². The minimum Gasteiger partial charge on any atom is -0.369 e. The number of sulfonamides is 1. The highest BCUT2D eigenvalue weighted by Crippen LogP contribution is 2.29. The van der Waals surface area contributed by atoms with Gasteiger partial charge in [0, 0.05) is 19.6 Å². The Kier molecular flexibility index (Phi) is 7.51. The lowest BCUT2D eigenvalue weighted by molar-refractivity contribution is 0.586. The molecule has 1 aromatic heterocycles. The van der Waals surface area contributed by atoms with Crippen LogP contribution in [-0.4, -0.2) is 39.3 Å². The van der Waals surface area contributed by atoms with Gasteiger partial charge in [0.05, 0.1) is 16.3 Å². The summed E-state index contributed by atoms with van der Waals surface area (Å²) < 4.78 is 24.2. The Balaban J connectivity index is 2.54. The topological polar surface area (TPSA) is 83.1 Å². The van der Waals surface area contributed by atoms with Gasteiger partial charge in [0.25, 0.3) is 0 Å². The number of hydrogen-bond donors (Lipinski definition) is 3. The number of aromatic nitrogens is 1. The molecule has 0 amide bonds. The molecule has 3 N–H and O–H groups in total. The van der Waals surface area contributed by atoms with E-state index in [-0.39, 0.29) is 0 Å². The molecule has 120 valence electrons. The van der Waals surface area contributed by atoms with Crippen molar-refractivity contribution in [1.82, 2.24) is 9.71 Å². The molecule has 6 nitrogen and oxygen atoms in total. The maximum atomic E-state index is 10.9. The lowest BCUT2D eigenvalue weighted by atomic mass is 10.4. The van der Waals surface area contributed by atoms with Gasteiger partial charge in [-0.05, 0) is 18.9 Å². The molecule has 0 saturated carbocycles. The maximum absolute atomic E-state index is 10.9. The lowest BCUT2D eigenvalue weighted by Crippen LogP contribution is -2.24. The van der Waals surface area contributed by atoms with Crippen molar-refractivity contribution in [1.29, 1.82) is 0 Å². The van der Waals surface area contributed by atoms with E-state index >= 15 is 0 Å². The first-order valence-corrected chi connectivity index (χ1v) is 9.26. The molecule has 0 saturated heterocycles. The van der Waals surface area contributed by atoms with E-state index in [9.17, 15) is 8.42 Å². The quantitative estimate of drug-likeness (QED) is 0.593. The Labute approximate surface area is 135 Å². The minimum atomic E-state index is -3.15. The SMILES string of the molecule is CCCNc1nc(NCCCNS(C)(=O)=O)c(Cl)cc1Cl. The van der Waals surface area contributed by atoms with E-state index in [1.165, 1.54) is 0 Å². The first-order chi connectivity index (χ1) is 9.83. The van der Waals surface area contributed by atoms with Gasteiger partial charge >= 0.3 is 0 Å². The van der Waals surface area contributed by atoms with Gasteiger partial charge in [0.1, 0.15) is 11.6 Å². The summed E-state index contributed by atoms with van der Waals surface area (Å²) in [5.74, 6) is 1.11. The van der Waals surface area contributed by atoms with Crippen molar-refractivity contribution < 1.29 is 8.42 Å². The van der Waals surface area contributed by atoms with Gasteiger partial charge in [-0.25, -0.2) is 18.1 Å². The highest BCUT2D eigenvalue weighted by Gasteiger charge is 2.08. The van der Waals surface area contributed by atoms with Gasteiger partial charge < -0.3 is 10.6 Å². The van der Waals surface area contributed by atoms with E-state index in [0.29, 0.717) is 41.2 Å². The third kappa shape index (κ3) is 7.17. The van der Waals surface area contributed by atoms with Crippen molar-refractivity contribution in [2.24, 2.45) is 0 Å². The Hall–Kier alpha value is -0.760. The number of hydrogen-bond acceptors (Lipinski definition) is 5. The average Bonchev–Trinajstić information content (AvgIpc) is 2.38. The molecule has 1 rings (SSSR count). The van der Waals surface area contributed by atoms with Crippen LogP contribution in [-0.2, 0) is 10.0 Å². The lowest BCUT2D eigenvalue weighted by Gasteiger charge is -2.12. The maximum Gasteiger partial charge on any atom is 0.208 e. The standard InChI is InChI=1S/C12H20Cl2N4O2S/c1-3-5-15-11-9(13)8-10(14)12(18-11)16-6-4-7-17-21(2,19)20/h8,17H,3-7H2,1-2H3,(H2,15,16,18). The molecule has 0 fully saturated rings. The first-order valence-electron chi connectivity index (χ1n) is 6.62. The Morgan fingerprint density at radius 3 is 2.19 bits per heavy atom. The Morgan fingerprint density at radius 2 is 1.67 bits per heavy atom. The molecule has 0 aliphatic carbocycles. The van der Waals surface area contributed by atoms with Crippen LogP contribution >= 0.6 is 23.2 Å². The molecule has 1 heterocycles. The van der Waals surface area contributed by atoms with Gasteiger partial charge in [-0.15, -0.1) is 0 Å². The minimum absolute atomic E-state index is 0.359. The number of rotatable bonds is 9. The molecule has 9 heteroatoms. The average molecular weight is 355 g/mol. The van der Waals surface area contributed by atoms with Gasteiger partial charge in [-0.2, -0.15) is 0 Å². The summed E-state index contributed by atoms with van der Waals surface area (Å²) >= 11 is 12.1. The van der Waals surface area contributed by atoms with E-state index in [4.69, 9.17) is 23.2 Å². The second-order valence-corrected chi connectivity index (χ2v) is 7.17. The molecule has 1 aromatic rings. The molecule has 0 spiro atoms. The number of anilines is 2. The molecule has 0 aliphatic heterocycles. The monoisotopic (exact) mass is 354 g/mol. The molecular formula is C12H20Cl2N4O2S. The molecule has 0 aliphatic rings. The van der Waals surface area contributed by atoms with Crippen LogP contribution in [0.5, 0.6) is 0 Å². The highest BCUT2D eigenvalue weighted by atomic mass is 35.5. The summed E-state index contributed by atoms with van der Waals surface area (Å²) in [6.45, 7) is 3.72. The Morgan fingerprint density at radius 1 is 1.10 bits per heavy atom. The predicted octanol–water partition coefficient (Wildman–Crippen LogP) is 2.56. The van der Waals surface area contributed by atoms with Crippen LogP contribution in [0.15, 0.2) is 6.07 Å². The summed E-state index contributed by atoms with van der Waals surface area (Å²) in [4.78, 5) is 4.33. The van der Waals surface area contributed by atoms with Gasteiger partial charge in [0.2, 0.25) is 10.0 Å².